The number of aryl methyl sites for hydroxylation is 2. The molecule has 1 atom stereocenters. The number of rotatable bonds is 4. The van der Waals surface area contributed by atoms with Gasteiger partial charge < -0.3 is 14.8 Å². The van der Waals surface area contributed by atoms with Crippen LogP contribution in [0.3, 0.4) is 0 Å². The number of pyridine rings is 2. The molecule has 1 fully saturated rings. The Morgan fingerprint density at radius 3 is 2.79 bits per heavy atom. The van der Waals surface area contributed by atoms with Gasteiger partial charge in [0.15, 0.2) is 5.82 Å². The number of hydrogen-bond acceptors (Lipinski definition) is 7. The Balaban J connectivity index is 1.43. The van der Waals surface area contributed by atoms with Crippen molar-refractivity contribution in [2.45, 2.75) is 25.7 Å². The highest BCUT2D eigenvalue weighted by Gasteiger charge is 2.20. The highest BCUT2D eigenvalue weighted by molar-refractivity contribution is 7.22. The monoisotopic (exact) mass is 464 g/mol. The quantitative estimate of drug-likeness (QED) is 0.481. The molecule has 1 unspecified atom stereocenters. The molecule has 1 aliphatic rings. The Bertz CT molecular complexity index is 1380. The zero-order valence-corrected chi connectivity index (χ0v) is 19.6. The maximum absolute atomic E-state index is 14.7. The maximum atomic E-state index is 14.7. The molecule has 1 aliphatic heterocycles. The standard InChI is InChI=1S/C24H25FN6OS/c1-14-20-18(8-10-31(3)23(20)32)33-22(14)21-17(25)12-27-24(29-21)28-19-7-6-15(11-26-19)16-5-4-9-30(2)13-16/h6-8,10-12,16H,4-5,9,13H2,1-3H3,(H,26,27,28,29). The van der Waals surface area contributed by atoms with E-state index in [2.05, 4.69) is 38.3 Å². The summed E-state index contributed by atoms with van der Waals surface area (Å²) in [4.78, 5) is 28.6. The van der Waals surface area contributed by atoms with Crippen LogP contribution in [-0.4, -0.2) is 44.6 Å². The lowest BCUT2D eigenvalue weighted by molar-refractivity contribution is 0.250. The number of halogens is 1. The first-order chi connectivity index (χ1) is 15.9. The molecule has 0 bridgehead atoms. The first-order valence-corrected chi connectivity index (χ1v) is 11.8. The minimum absolute atomic E-state index is 0.103. The van der Waals surface area contributed by atoms with E-state index >= 15 is 0 Å². The van der Waals surface area contributed by atoms with Crippen LogP contribution in [0.2, 0.25) is 0 Å². The van der Waals surface area contributed by atoms with Gasteiger partial charge in [0.25, 0.3) is 5.56 Å². The van der Waals surface area contributed by atoms with Gasteiger partial charge >= 0.3 is 0 Å². The van der Waals surface area contributed by atoms with Crippen molar-refractivity contribution in [2.24, 2.45) is 7.05 Å². The Morgan fingerprint density at radius 1 is 1.18 bits per heavy atom. The van der Waals surface area contributed by atoms with Crippen LogP contribution in [0.15, 0.2) is 41.6 Å². The summed E-state index contributed by atoms with van der Waals surface area (Å²) in [5.74, 6) is 0.815. The minimum Gasteiger partial charge on any atom is -0.318 e. The number of hydrogen-bond donors (Lipinski definition) is 1. The minimum atomic E-state index is -0.531. The second-order valence-corrected chi connectivity index (χ2v) is 9.67. The summed E-state index contributed by atoms with van der Waals surface area (Å²) < 4.78 is 17.1. The number of nitrogens with one attached hydrogen (secondary N) is 1. The van der Waals surface area contributed by atoms with Gasteiger partial charge in [-0.05, 0) is 62.5 Å². The van der Waals surface area contributed by atoms with Crippen LogP contribution in [0.5, 0.6) is 0 Å². The molecule has 170 valence electrons. The van der Waals surface area contributed by atoms with Crippen LogP contribution in [-0.2, 0) is 7.05 Å². The number of likely N-dealkylation sites (N-methyl/N-ethyl adjacent to an activating group) is 1. The molecule has 0 amide bonds. The topological polar surface area (TPSA) is 75.9 Å². The van der Waals surface area contributed by atoms with Gasteiger partial charge in [-0.2, -0.15) is 0 Å². The summed E-state index contributed by atoms with van der Waals surface area (Å²) in [6.07, 6.45) is 7.12. The molecular weight excluding hydrogens is 439 g/mol. The Hall–Kier alpha value is -3.17. The summed E-state index contributed by atoms with van der Waals surface area (Å²) in [6.45, 7) is 4.01. The third-order valence-corrected chi connectivity index (χ3v) is 7.50. The fourth-order valence-corrected chi connectivity index (χ4v) is 5.62. The van der Waals surface area contributed by atoms with E-state index in [0.717, 1.165) is 29.5 Å². The zero-order chi connectivity index (χ0) is 23.1. The average molecular weight is 465 g/mol. The number of piperidine rings is 1. The number of anilines is 2. The number of thiophene rings is 1. The lowest BCUT2D eigenvalue weighted by atomic mass is 9.92. The molecule has 9 heteroatoms. The van der Waals surface area contributed by atoms with E-state index in [1.54, 1.807) is 13.2 Å². The highest BCUT2D eigenvalue weighted by Crippen LogP contribution is 2.37. The Labute approximate surface area is 195 Å². The third kappa shape index (κ3) is 4.14. The molecule has 1 saturated heterocycles. The predicted octanol–water partition coefficient (Wildman–Crippen LogP) is 4.45. The van der Waals surface area contributed by atoms with Crippen molar-refractivity contribution >= 4 is 33.2 Å². The van der Waals surface area contributed by atoms with Crippen LogP contribution < -0.4 is 10.9 Å². The van der Waals surface area contributed by atoms with E-state index in [1.807, 2.05) is 25.3 Å². The second-order valence-electron chi connectivity index (χ2n) is 8.62. The first-order valence-electron chi connectivity index (χ1n) is 10.9. The maximum Gasteiger partial charge on any atom is 0.259 e. The van der Waals surface area contributed by atoms with Crippen molar-refractivity contribution in [3.05, 3.63) is 64.1 Å². The van der Waals surface area contributed by atoms with Crippen molar-refractivity contribution < 1.29 is 4.39 Å². The van der Waals surface area contributed by atoms with E-state index in [9.17, 15) is 9.18 Å². The van der Waals surface area contributed by atoms with Crippen molar-refractivity contribution in [1.82, 2.24) is 24.4 Å². The first kappa shape index (κ1) is 21.7. The van der Waals surface area contributed by atoms with Crippen LogP contribution in [0.25, 0.3) is 20.7 Å². The Morgan fingerprint density at radius 2 is 2.03 bits per heavy atom. The smallest absolute Gasteiger partial charge is 0.259 e. The van der Waals surface area contributed by atoms with Gasteiger partial charge in [0.05, 0.1) is 16.5 Å². The number of aromatic nitrogens is 4. The van der Waals surface area contributed by atoms with Crippen molar-refractivity contribution in [3.63, 3.8) is 0 Å². The highest BCUT2D eigenvalue weighted by atomic mass is 32.1. The fraction of sp³-hybridized carbons (Fsp3) is 0.333. The normalized spacial score (nSPS) is 16.9. The van der Waals surface area contributed by atoms with E-state index < -0.39 is 5.82 Å². The van der Waals surface area contributed by atoms with Gasteiger partial charge in [-0.15, -0.1) is 11.3 Å². The van der Waals surface area contributed by atoms with Crippen molar-refractivity contribution in [2.75, 3.05) is 25.5 Å². The summed E-state index contributed by atoms with van der Waals surface area (Å²) in [5, 5.41) is 3.68. The van der Waals surface area contributed by atoms with Gasteiger partial charge in [-0.1, -0.05) is 6.07 Å². The van der Waals surface area contributed by atoms with Gasteiger partial charge in [0.2, 0.25) is 5.95 Å². The van der Waals surface area contributed by atoms with Gasteiger partial charge in [-0.3, -0.25) is 4.79 Å². The molecule has 0 spiro atoms. The molecular formula is C24H25FN6OS. The van der Waals surface area contributed by atoms with Crippen LogP contribution in [0, 0.1) is 12.7 Å². The molecule has 0 aromatic carbocycles. The molecule has 4 aromatic rings. The van der Waals surface area contributed by atoms with Gasteiger partial charge in [-0.25, -0.2) is 19.3 Å². The summed E-state index contributed by atoms with van der Waals surface area (Å²) in [6, 6.07) is 5.85. The van der Waals surface area contributed by atoms with E-state index in [0.29, 0.717) is 22.0 Å². The molecule has 33 heavy (non-hydrogen) atoms. The van der Waals surface area contributed by atoms with Crippen LogP contribution in [0.1, 0.15) is 29.9 Å². The van der Waals surface area contributed by atoms with Crippen LogP contribution >= 0.6 is 11.3 Å². The molecule has 5 rings (SSSR count). The number of likely N-dealkylation sites (tertiary alicyclic amines) is 1. The lowest BCUT2D eigenvalue weighted by Crippen LogP contribution is -2.30. The second kappa shape index (κ2) is 8.64. The SMILES string of the molecule is Cc1c(-c2nc(Nc3ccc(C4CCCN(C)C4)cn3)ncc2F)sc2ccn(C)c(=O)c12. The lowest BCUT2D eigenvalue weighted by Gasteiger charge is -2.29. The van der Waals surface area contributed by atoms with Gasteiger partial charge in [0, 0.05) is 30.7 Å². The average Bonchev–Trinajstić information content (AvgIpc) is 3.15. The zero-order valence-electron chi connectivity index (χ0n) is 18.8. The van der Waals surface area contributed by atoms with Crippen molar-refractivity contribution in [1.29, 1.82) is 0 Å². The summed E-state index contributed by atoms with van der Waals surface area (Å²) >= 11 is 1.36. The molecule has 5 heterocycles. The number of fused-ring (bicyclic) bond motifs is 1. The third-order valence-electron chi connectivity index (χ3n) is 6.24. The van der Waals surface area contributed by atoms with Crippen LogP contribution in [0.4, 0.5) is 16.2 Å². The molecule has 0 saturated carbocycles. The molecule has 0 radical (unpaired) electrons. The molecule has 4 aromatic heterocycles. The molecule has 1 N–H and O–H groups in total. The fourth-order valence-electron chi connectivity index (χ4n) is 4.43. The summed E-state index contributed by atoms with van der Waals surface area (Å²) in [5.41, 5.74) is 2.01. The predicted molar refractivity (Wildman–Crippen MR) is 130 cm³/mol. The molecule has 7 nitrogen and oxygen atoms in total. The number of nitrogens with zero attached hydrogens (tertiary/aromatic N) is 5. The summed E-state index contributed by atoms with van der Waals surface area (Å²) in [7, 11) is 3.85. The van der Waals surface area contributed by atoms with E-state index in [-0.39, 0.29) is 17.2 Å². The molecule has 0 aliphatic carbocycles. The van der Waals surface area contributed by atoms with Gasteiger partial charge in [0.1, 0.15) is 11.5 Å². The van der Waals surface area contributed by atoms with Crippen molar-refractivity contribution in [3.8, 4) is 10.6 Å². The van der Waals surface area contributed by atoms with E-state index in [1.165, 1.54) is 34.3 Å². The largest absolute Gasteiger partial charge is 0.318 e. The van der Waals surface area contributed by atoms with E-state index in [4.69, 9.17) is 0 Å². The Kier molecular flexibility index (Phi) is 5.67.